The van der Waals surface area contributed by atoms with Gasteiger partial charge >= 0.3 is 0 Å². The summed E-state index contributed by atoms with van der Waals surface area (Å²) in [7, 11) is 0. The van der Waals surface area contributed by atoms with E-state index in [4.69, 9.17) is 17.3 Å². The number of carbonyl (C=O) groups excluding carboxylic acids is 1. The third-order valence-electron chi connectivity index (χ3n) is 2.96. The standard InChI is InChI=1S/C15H14ClFN2O/c1-9(11-4-2-3-5-14(11)17)19-15(20)12-7-6-10(18)8-13(12)16/h2-9H,18H2,1H3,(H,19,20). The Hall–Kier alpha value is -2.07. The molecule has 104 valence electrons. The van der Waals surface area contributed by atoms with E-state index in [0.29, 0.717) is 16.8 Å². The van der Waals surface area contributed by atoms with Gasteiger partial charge in [-0.2, -0.15) is 0 Å². The number of rotatable bonds is 3. The van der Waals surface area contributed by atoms with E-state index in [0.717, 1.165) is 0 Å². The molecule has 0 radical (unpaired) electrons. The van der Waals surface area contributed by atoms with Crippen LogP contribution in [0.25, 0.3) is 0 Å². The number of carbonyl (C=O) groups is 1. The largest absolute Gasteiger partial charge is 0.399 e. The fourth-order valence-corrected chi connectivity index (χ4v) is 2.17. The van der Waals surface area contributed by atoms with E-state index in [2.05, 4.69) is 5.32 Å². The molecular weight excluding hydrogens is 279 g/mol. The minimum atomic E-state index is -0.461. The zero-order chi connectivity index (χ0) is 14.7. The van der Waals surface area contributed by atoms with Gasteiger partial charge in [-0.15, -0.1) is 0 Å². The number of benzene rings is 2. The first-order valence-corrected chi connectivity index (χ1v) is 6.47. The molecule has 1 amide bonds. The zero-order valence-corrected chi connectivity index (χ0v) is 11.6. The van der Waals surface area contributed by atoms with Crippen molar-refractivity contribution < 1.29 is 9.18 Å². The highest BCUT2D eigenvalue weighted by Gasteiger charge is 2.16. The minimum Gasteiger partial charge on any atom is -0.399 e. The lowest BCUT2D eigenvalue weighted by Crippen LogP contribution is -2.27. The number of hydrogen-bond acceptors (Lipinski definition) is 2. The molecule has 1 unspecified atom stereocenters. The Balaban J connectivity index is 2.17. The maximum absolute atomic E-state index is 13.6. The second-order valence-corrected chi connectivity index (χ2v) is 4.86. The summed E-state index contributed by atoms with van der Waals surface area (Å²) in [5.41, 5.74) is 6.79. The molecule has 2 aromatic rings. The molecule has 1 atom stereocenters. The Morgan fingerprint density at radius 3 is 2.65 bits per heavy atom. The quantitative estimate of drug-likeness (QED) is 0.850. The van der Waals surface area contributed by atoms with Crippen LogP contribution in [-0.4, -0.2) is 5.91 Å². The highest BCUT2D eigenvalue weighted by molar-refractivity contribution is 6.34. The smallest absolute Gasteiger partial charge is 0.253 e. The predicted molar refractivity (Wildman–Crippen MR) is 78.1 cm³/mol. The van der Waals surface area contributed by atoms with Crippen LogP contribution in [0.1, 0.15) is 28.9 Å². The van der Waals surface area contributed by atoms with Crippen LogP contribution in [0.3, 0.4) is 0 Å². The fraction of sp³-hybridized carbons (Fsp3) is 0.133. The molecule has 0 fully saturated rings. The number of amides is 1. The Morgan fingerprint density at radius 2 is 2.00 bits per heavy atom. The summed E-state index contributed by atoms with van der Waals surface area (Å²) < 4.78 is 13.6. The van der Waals surface area contributed by atoms with Crippen molar-refractivity contribution in [1.82, 2.24) is 5.32 Å². The highest BCUT2D eigenvalue weighted by atomic mass is 35.5. The van der Waals surface area contributed by atoms with Crippen molar-refractivity contribution in [3.05, 3.63) is 64.4 Å². The van der Waals surface area contributed by atoms with Crippen molar-refractivity contribution in [3.63, 3.8) is 0 Å². The molecule has 5 heteroatoms. The summed E-state index contributed by atoms with van der Waals surface area (Å²) in [6.07, 6.45) is 0. The SMILES string of the molecule is CC(NC(=O)c1ccc(N)cc1Cl)c1ccccc1F. The topological polar surface area (TPSA) is 55.1 Å². The van der Waals surface area contributed by atoms with Crippen LogP contribution in [0.15, 0.2) is 42.5 Å². The number of anilines is 1. The Bertz CT molecular complexity index is 646. The summed E-state index contributed by atoms with van der Waals surface area (Å²) in [6.45, 7) is 1.71. The maximum atomic E-state index is 13.6. The summed E-state index contributed by atoms with van der Waals surface area (Å²) in [4.78, 5) is 12.1. The average molecular weight is 293 g/mol. The van der Waals surface area contributed by atoms with E-state index < -0.39 is 6.04 Å². The molecule has 0 saturated carbocycles. The van der Waals surface area contributed by atoms with Crippen LogP contribution in [0.2, 0.25) is 5.02 Å². The number of nitrogens with one attached hydrogen (secondary N) is 1. The summed E-state index contributed by atoms with van der Waals surface area (Å²) >= 11 is 5.97. The summed E-state index contributed by atoms with van der Waals surface area (Å²) in [5, 5.41) is 2.98. The van der Waals surface area contributed by atoms with E-state index in [9.17, 15) is 9.18 Å². The Labute approximate surface area is 121 Å². The monoisotopic (exact) mass is 292 g/mol. The van der Waals surface area contributed by atoms with Gasteiger partial charge in [0.1, 0.15) is 5.82 Å². The minimum absolute atomic E-state index is 0.267. The molecule has 2 aromatic carbocycles. The van der Waals surface area contributed by atoms with Gasteiger partial charge in [-0.05, 0) is 31.2 Å². The normalized spacial score (nSPS) is 11.9. The highest BCUT2D eigenvalue weighted by Crippen LogP contribution is 2.21. The number of nitrogen functional groups attached to an aromatic ring is 1. The molecule has 0 aliphatic carbocycles. The molecular formula is C15H14ClFN2O. The molecule has 3 nitrogen and oxygen atoms in total. The van der Waals surface area contributed by atoms with E-state index in [1.54, 1.807) is 37.3 Å². The van der Waals surface area contributed by atoms with Gasteiger partial charge in [-0.3, -0.25) is 4.79 Å². The van der Waals surface area contributed by atoms with Gasteiger partial charge in [0.2, 0.25) is 0 Å². The molecule has 3 N–H and O–H groups in total. The van der Waals surface area contributed by atoms with Crippen LogP contribution in [0.5, 0.6) is 0 Å². The predicted octanol–water partition coefficient (Wildman–Crippen LogP) is 3.55. The third-order valence-corrected chi connectivity index (χ3v) is 3.27. The van der Waals surface area contributed by atoms with Crippen LogP contribution >= 0.6 is 11.6 Å². The lowest BCUT2D eigenvalue weighted by Gasteiger charge is -2.15. The molecule has 2 rings (SSSR count). The Morgan fingerprint density at radius 1 is 1.30 bits per heavy atom. The molecule has 0 aliphatic rings. The van der Waals surface area contributed by atoms with Crippen LogP contribution in [0, 0.1) is 5.82 Å². The van der Waals surface area contributed by atoms with Gasteiger partial charge in [-0.25, -0.2) is 4.39 Å². The number of nitrogens with two attached hydrogens (primary N) is 1. The first-order chi connectivity index (χ1) is 9.49. The number of hydrogen-bond donors (Lipinski definition) is 2. The fourth-order valence-electron chi connectivity index (χ4n) is 1.89. The van der Waals surface area contributed by atoms with Crippen molar-refractivity contribution in [2.45, 2.75) is 13.0 Å². The average Bonchev–Trinajstić information content (AvgIpc) is 2.38. The van der Waals surface area contributed by atoms with Crippen molar-refractivity contribution in [1.29, 1.82) is 0 Å². The summed E-state index contributed by atoms with van der Waals surface area (Å²) in [6, 6.07) is 10.5. The Kier molecular flexibility index (Phi) is 4.25. The lowest BCUT2D eigenvalue weighted by atomic mass is 10.1. The number of halogens is 2. The van der Waals surface area contributed by atoms with Crippen molar-refractivity contribution in [2.24, 2.45) is 0 Å². The van der Waals surface area contributed by atoms with Crippen molar-refractivity contribution in [2.75, 3.05) is 5.73 Å². The van der Waals surface area contributed by atoms with Gasteiger partial charge in [0.05, 0.1) is 16.6 Å². The molecule has 0 saturated heterocycles. The van der Waals surface area contributed by atoms with Gasteiger partial charge in [0, 0.05) is 11.3 Å². The van der Waals surface area contributed by atoms with Crippen molar-refractivity contribution >= 4 is 23.2 Å². The molecule has 20 heavy (non-hydrogen) atoms. The van der Waals surface area contributed by atoms with Gasteiger partial charge in [-0.1, -0.05) is 29.8 Å². The van der Waals surface area contributed by atoms with Crippen molar-refractivity contribution in [3.8, 4) is 0 Å². The van der Waals surface area contributed by atoms with Crippen LogP contribution in [0.4, 0.5) is 10.1 Å². The second-order valence-electron chi connectivity index (χ2n) is 4.46. The first-order valence-electron chi connectivity index (χ1n) is 6.09. The molecule has 0 aliphatic heterocycles. The maximum Gasteiger partial charge on any atom is 0.253 e. The van der Waals surface area contributed by atoms with Gasteiger partial charge in [0.25, 0.3) is 5.91 Å². The zero-order valence-electron chi connectivity index (χ0n) is 10.9. The summed E-state index contributed by atoms with van der Waals surface area (Å²) in [5.74, 6) is -0.727. The van der Waals surface area contributed by atoms with E-state index >= 15 is 0 Å². The van der Waals surface area contributed by atoms with Gasteiger partial charge in [0.15, 0.2) is 0 Å². The molecule has 0 heterocycles. The molecule has 0 aromatic heterocycles. The van der Waals surface area contributed by atoms with E-state index in [-0.39, 0.29) is 16.7 Å². The molecule has 0 bridgehead atoms. The van der Waals surface area contributed by atoms with E-state index in [1.165, 1.54) is 12.1 Å². The van der Waals surface area contributed by atoms with Crippen LogP contribution < -0.4 is 11.1 Å². The van der Waals surface area contributed by atoms with Gasteiger partial charge < -0.3 is 11.1 Å². The molecule has 0 spiro atoms. The first kappa shape index (κ1) is 14.3. The third kappa shape index (κ3) is 3.08. The lowest BCUT2D eigenvalue weighted by molar-refractivity contribution is 0.0939. The van der Waals surface area contributed by atoms with Crippen LogP contribution in [-0.2, 0) is 0 Å². The second kappa shape index (κ2) is 5.92. The van der Waals surface area contributed by atoms with E-state index in [1.807, 2.05) is 0 Å².